The maximum absolute atomic E-state index is 10.0. The Hall–Kier alpha value is 2.20. The van der Waals surface area contributed by atoms with Crippen molar-refractivity contribution in [2.75, 3.05) is 0 Å². The first-order valence-electron chi connectivity index (χ1n) is 3.09. The maximum atomic E-state index is 10.0. The van der Waals surface area contributed by atoms with Gasteiger partial charge in [0.25, 0.3) is 0 Å². The van der Waals surface area contributed by atoms with Crippen LogP contribution in [0.1, 0.15) is 13.3 Å². The van der Waals surface area contributed by atoms with Gasteiger partial charge in [-0.05, 0) is 6.92 Å². The third-order valence-electron chi connectivity index (χ3n) is 1.22. The van der Waals surface area contributed by atoms with Crippen LogP contribution in [-0.2, 0) is 14.5 Å². The van der Waals surface area contributed by atoms with E-state index in [-0.39, 0.29) is 11.0 Å². The number of carbonyl (C=O) groups is 1. The summed E-state index contributed by atoms with van der Waals surface area (Å²) in [6.45, 7) is 1.86. The van der Waals surface area contributed by atoms with E-state index < -0.39 is 12.1 Å². The summed E-state index contributed by atoms with van der Waals surface area (Å²) in [5.41, 5.74) is 0. The SMILES string of the molecule is CC1CC(C(=O)O)O1.[I][V]([I])[I]. The molecular formula is C5H8I3O3V. The van der Waals surface area contributed by atoms with Crippen molar-refractivity contribution in [2.24, 2.45) is 0 Å². The van der Waals surface area contributed by atoms with Crippen molar-refractivity contribution in [2.45, 2.75) is 25.6 Å². The standard InChI is InChI=1S/C5H8O3.3HI.V/c1-3-2-4(8-3)5(6)7;;;;/h3-4H,2H2,1H3,(H,6,7);3*1H;/q;;;;+3/p-3. The number of aliphatic carboxylic acids is 1. The van der Waals surface area contributed by atoms with Gasteiger partial charge in [-0.2, -0.15) is 0 Å². The molecule has 0 aromatic carbocycles. The molecule has 0 spiro atoms. The molecule has 0 aromatic heterocycles. The normalized spacial score (nSPS) is 27.1. The summed E-state index contributed by atoms with van der Waals surface area (Å²) < 4.78 is 4.80. The fraction of sp³-hybridized carbons (Fsp3) is 0.800. The Morgan fingerprint density at radius 3 is 2.00 bits per heavy atom. The van der Waals surface area contributed by atoms with Crippen LogP contribution in [-0.4, -0.2) is 23.3 Å². The van der Waals surface area contributed by atoms with E-state index in [2.05, 4.69) is 59.9 Å². The van der Waals surface area contributed by atoms with Crippen molar-refractivity contribution < 1.29 is 19.6 Å². The first-order chi connectivity index (χ1) is 5.43. The van der Waals surface area contributed by atoms with Crippen molar-refractivity contribution in [3.8, 4) is 0 Å². The minimum absolute atomic E-state index is 0.149. The van der Waals surface area contributed by atoms with E-state index in [1.807, 2.05) is 6.92 Å². The second-order valence-corrected chi connectivity index (χ2v) is 37.6. The average Bonchev–Trinajstić information content (AvgIpc) is 1.79. The van der Waals surface area contributed by atoms with Gasteiger partial charge in [0, 0.05) is 6.42 Å². The summed E-state index contributed by atoms with van der Waals surface area (Å²) in [4.78, 5) is 9.72. The Morgan fingerprint density at radius 2 is 1.92 bits per heavy atom. The van der Waals surface area contributed by atoms with Crippen molar-refractivity contribution in [3.05, 3.63) is 0 Å². The molecule has 1 saturated heterocycles. The third kappa shape index (κ3) is 7.59. The monoisotopic (exact) mass is 548 g/mol. The van der Waals surface area contributed by atoms with Gasteiger partial charge in [0.05, 0.1) is 6.10 Å². The van der Waals surface area contributed by atoms with E-state index >= 15 is 0 Å². The zero-order chi connectivity index (χ0) is 9.72. The van der Waals surface area contributed by atoms with E-state index in [1.54, 1.807) is 0 Å². The molecular weight excluding hydrogens is 540 g/mol. The van der Waals surface area contributed by atoms with Gasteiger partial charge in [-0.15, -0.1) is 0 Å². The zero-order valence-corrected chi connectivity index (χ0v) is 14.1. The van der Waals surface area contributed by atoms with Gasteiger partial charge < -0.3 is 9.84 Å². The van der Waals surface area contributed by atoms with Crippen molar-refractivity contribution in [1.29, 1.82) is 0 Å². The van der Waals surface area contributed by atoms with Crippen LogP contribution in [0.3, 0.4) is 0 Å². The molecule has 0 aromatic rings. The minimum atomic E-state index is -0.844. The Balaban J connectivity index is 0.000000261. The van der Waals surface area contributed by atoms with Gasteiger partial charge in [0.2, 0.25) is 0 Å². The Kier molecular flexibility index (Phi) is 8.87. The second kappa shape index (κ2) is 7.49. The first kappa shape index (κ1) is 14.2. The van der Waals surface area contributed by atoms with E-state index in [0.717, 1.165) is 0 Å². The second-order valence-electron chi connectivity index (χ2n) is 2.20. The molecule has 7 heteroatoms. The number of carboxylic acids is 1. The molecule has 1 N–H and O–H groups in total. The summed E-state index contributed by atoms with van der Waals surface area (Å²) >= 11 is 7.39. The number of ether oxygens (including phenoxy) is 1. The number of rotatable bonds is 1. The van der Waals surface area contributed by atoms with Crippen LogP contribution >= 0.6 is 59.9 Å². The number of carboxylic acid groups (broad SMARTS) is 1. The van der Waals surface area contributed by atoms with Gasteiger partial charge in [0.15, 0.2) is 6.10 Å². The predicted molar refractivity (Wildman–Crippen MR) is 68.6 cm³/mol. The predicted octanol–water partition coefficient (Wildman–Crippen LogP) is 2.90. The van der Waals surface area contributed by atoms with Crippen LogP contribution in [0.2, 0.25) is 0 Å². The molecule has 1 heterocycles. The summed E-state index contributed by atoms with van der Waals surface area (Å²) in [5, 5.41) is 8.23. The van der Waals surface area contributed by atoms with E-state index in [9.17, 15) is 4.79 Å². The van der Waals surface area contributed by atoms with Crippen molar-refractivity contribution in [1.82, 2.24) is 0 Å². The van der Waals surface area contributed by atoms with Crippen molar-refractivity contribution >= 4 is 65.9 Å². The molecule has 72 valence electrons. The Bertz CT molecular complexity index is 146. The van der Waals surface area contributed by atoms with Crippen LogP contribution < -0.4 is 0 Å². The molecule has 1 fully saturated rings. The molecule has 0 radical (unpaired) electrons. The number of hydrogen-bond acceptors (Lipinski definition) is 2. The summed E-state index contributed by atoms with van der Waals surface area (Å²) in [6.07, 6.45) is 0.288. The molecule has 1 aliphatic heterocycles. The molecule has 12 heavy (non-hydrogen) atoms. The van der Waals surface area contributed by atoms with Gasteiger partial charge in [-0.25, -0.2) is 4.79 Å². The Morgan fingerprint density at radius 1 is 1.58 bits per heavy atom. The topological polar surface area (TPSA) is 46.5 Å². The molecule has 0 saturated carbocycles. The van der Waals surface area contributed by atoms with Gasteiger partial charge >= 0.3 is 70.8 Å². The van der Waals surface area contributed by atoms with Crippen LogP contribution in [0.15, 0.2) is 0 Å². The van der Waals surface area contributed by atoms with Crippen LogP contribution in [0.4, 0.5) is 0 Å². The van der Waals surface area contributed by atoms with Crippen LogP contribution in [0.25, 0.3) is 0 Å². The van der Waals surface area contributed by atoms with Crippen LogP contribution in [0, 0.1) is 0 Å². The number of halogens is 3. The van der Waals surface area contributed by atoms with Crippen LogP contribution in [0.5, 0.6) is 0 Å². The zero-order valence-electron chi connectivity index (χ0n) is 6.21. The summed E-state index contributed by atoms with van der Waals surface area (Å²) in [6, 6.07) is 0. The van der Waals surface area contributed by atoms with Gasteiger partial charge in [-0.1, -0.05) is 0 Å². The third-order valence-corrected chi connectivity index (χ3v) is 1.22. The molecule has 0 aliphatic carbocycles. The molecule has 0 amide bonds. The fourth-order valence-corrected chi connectivity index (χ4v) is 0.730. The Labute approximate surface area is 109 Å². The van der Waals surface area contributed by atoms with Crippen molar-refractivity contribution in [3.63, 3.8) is 0 Å². The fourth-order valence-electron chi connectivity index (χ4n) is 0.730. The quantitative estimate of drug-likeness (QED) is 0.514. The molecule has 1 rings (SSSR count). The van der Waals surface area contributed by atoms with E-state index in [0.29, 0.717) is 6.42 Å². The molecule has 1 aliphatic rings. The molecule has 2 unspecified atom stereocenters. The summed E-state index contributed by atoms with van der Waals surface area (Å²) in [5.74, 6) is -0.844. The first-order valence-corrected chi connectivity index (χ1v) is 16.6. The van der Waals surface area contributed by atoms with Gasteiger partial charge in [0.1, 0.15) is 0 Å². The molecule has 2 atom stereocenters. The number of hydrogen-bond donors (Lipinski definition) is 1. The average molecular weight is 548 g/mol. The molecule has 0 bridgehead atoms. The van der Waals surface area contributed by atoms with E-state index in [1.165, 1.54) is 0 Å². The summed E-state index contributed by atoms with van der Waals surface area (Å²) in [7, 11) is 0. The van der Waals surface area contributed by atoms with E-state index in [4.69, 9.17) is 9.84 Å². The van der Waals surface area contributed by atoms with Gasteiger partial charge in [-0.3, -0.25) is 0 Å². The molecule has 3 nitrogen and oxygen atoms in total.